The molecule has 21 heavy (non-hydrogen) atoms. The molecule has 0 aliphatic heterocycles. The summed E-state index contributed by atoms with van der Waals surface area (Å²) >= 11 is 0. The first-order valence-electron chi connectivity index (χ1n) is 6.50. The lowest BCUT2D eigenvalue weighted by Crippen LogP contribution is -2.13. The van der Waals surface area contributed by atoms with Gasteiger partial charge in [0.1, 0.15) is 0 Å². The summed E-state index contributed by atoms with van der Waals surface area (Å²) in [6.07, 6.45) is -0.577. The van der Waals surface area contributed by atoms with Crippen LogP contribution in [0.3, 0.4) is 0 Å². The van der Waals surface area contributed by atoms with Crippen LogP contribution < -0.4 is 9.47 Å². The van der Waals surface area contributed by atoms with Crippen LogP contribution in [0.2, 0.25) is 0 Å². The van der Waals surface area contributed by atoms with E-state index in [1.807, 2.05) is 0 Å². The number of nitro benzene ring substituents is 1. The highest BCUT2D eigenvalue weighted by Gasteiger charge is 2.27. The number of carbonyl (C=O) groups is 1. The maximum absolute atomic E-state index is 11.7. The Morgan fingerprint density at radius 1 is 1.10 bits per heavy atom. The number of methoxy groups -OCH3 is 1. The average Bonchev–Trinajstić information content (AvgIpc) is 2.35. The quantitative estimate of drug-likeness (QED) is 0.455. The van der Waals surface area contributed by atoms with E-state index in [2.05, 4.69) is 4.74 Å². The predicted octanol–water partition coefficient (Wildman–Crippen LogP) is 2.96. The summed E-state index contributed by atoms with van der Waals surface area (Å²) in [5.74, 6) is -0.658. The highest BCUT2D eigenvalue weighted by molar-refractivity contribution is 5.91. The molecule has 1 aromatic carbocycles. The lowest BCUT2D eigenvalue weighted by atomic mass is 10.1. The Morgan fingerprint density at radius 3 is 1.81 bits per heavy atom. The maximum atomic E-state index is 11.7. The molecular weight excluding hydrogens is 278 g/mol. The van der Waals surface area contributed by atoms with Crippen molar-refractivity contribution in [3.05, 3.63) is 27.8 Å². The van der Waals surface area contributed by atoms with Crippen molar-refractivity contribution in [3.8, 4) is 11.5 Å². The fourth-order valence-electron chi connectivity index (χ4n) is 1.69. The minimum absolute atomic E-state index is 0.0199. The van der Waals surface area contributed by atoms with Crippen LogP contribution >= 0.6 is 0 Å². The Kier molecular flexibility index (Phi) is 5.52. The van der Waals surface area contributed by atoms with Gasteiger partial charge in [0, 0.05) is 12.1 Å². The Morgan fingerprint density at radius 2 is 1.52 bits per heavy atom. The average molecular weight is 297 g/mol. The SMILES string of the molecule is COC(=O)c1cc(OC(C)C)c([N+](=O)[O-])c(OC(C)C)c1. The summed E-state index contributed by atoms with van der Waals surface area (Å²) in [4.78, 5) is 22.4. The summed E-state index contributed by atoms with van der Waals surface area (Å²) in [5, 5.41) is 11.3. The highest BCUT2D eigenvalue weighted by Crippen LogP contribution is 2.39. The number of rotatable bonds is 6. The first kappa shape index (κ1) is 16.7. The largest absolute Gasteiger partial charge is 0.484 e. The van der Waals surface area contributed by atoms with E-state index in [0.717, 1.165) is 0 Å². The van der Waals surface area contributed by atoms with Gasteiger partial charge in [-0.1, -0.05) is 0 Å². The molecule has 0 saturated carbocycles. The second-order valence-corrected chi connectivity index (χ2v) is 4.90. The van der Waals surface area contributed by atoms with Gasteiger partial charge in [0.05, 0.1) is 29.8 Å². The Hall–Kier alpha value is -2.31. The summed E-state index contributed by atoms with van der Waals surface area (Å²) in [6, 6.07) is 2.58. The number of hydrogen-bond donors (Lipinski definition) is 0. The molecule has 0 fully saturated rings. The second kappa shape index (κ2) is 6.92. The van der Waals surface area contributed by atoms with Gasteiger partial charge in [-0.25, -0.2) is 4.79 Å². The van der Waals surface area contributed by atoms with Crippen molar-refractivity contribution in [3.63, 3.8) is 0 Å². The molecular formula is C14H19NO6. The van der Waals surface area contributed by atoms with Crippen LogP contribution in [0.25, 0.3) is 0 Å². The zero-order valence-corrected chi connectivity index (χ0v) is 12.7. The van der Waals surface area contributed by atoms with Crippen molar-refractivity contribution in [2.75, 3.05) is 7.11 Å². The van der Waals surface area contributed by atoms with Crippen molar-refractivity contribution in [2.24, 2.45) is 0 Å². The van der Waals surface area contributed by atoms with Gasteiger partial charge >= 0.3 is 11.7 Å². The predicted molar refractivity (Wildman–Crippen MR) is 76.0 cm³/mol. The van der Waals surface area contributed by atoms with E-state index in [9.17, 15) is 14.9 Å². The minimum Gasteiger partial charge on any atom is -0.484 e. The zero-order valence-electron chi connectivity index (χ0n) is 12.7. The fourth-order valence-corrected chi connectivity index (χ4v) is 1.69. The number of carbonyl (C=O) groups excluding carboxylic acids is 1. The molecule has 0 heterocycles. The minimum atomic E-state index is -0.618. The van der Waals surface area contributed by atoms with E-state index < -0.39 is 10.9 Å². The molecule has 116 valence electrons. The Bertz CT molecular complexity index is 507. The Labute approximate surface area is 123 Å². The molecule has 0 saturated heterocycles. The third-order valence-electron chi connectivity index (χ3n) is 2.37. The van der Waals surface area contributed by atoms with Gasteiger partial charge in [0.25, 0.3) is 0 Å². The van der Waals surface area contributed by atoms with E-state index in [1.54, 1.807) is 27.7 Å². The van der Waals surface area contributed by atoms with E-state index in [0.29, 0.717) is 0 Å². The molecule has 1 aromatic rings. The van der Waals surface area contributed by atoms with Gasteiger partial charge in [0.2, 0.25) is 11.5 Å². The van der Waals surface area contributed by atoms with Crippen molar-refractivity contribution < 1.29 is 23.9 Å². The molecule has 0 unspecified atom stereocenters. The van der Waals surface area contributed by atoms with Crippen LogP contribution in [-0.4, -0.2) is 30.2 Å². The lowest BCUT2D eigenvalue weighted by Gasteiger charge is -2.15. The topological polar surface area (TPSA) is 87.9 Å². The van der Waals surface area contributed by atoms with Crippen molar-refractivity contribution in [1.29, 1.82) is 0 Å². The summed E-state index contributed by atoms with van der Waals surface area (Å²) in [7, 11) is 1.23. The number of esters is 1. The van der Waals surface area contributed by atoms with Gasteiger partial charge in [-0.05, 0) is 27.7 Å². The normalized spacial score (nSPS) is 10.6. The number of hydrogen-bond acceptors (Lipinski definition) is 6. The number of ether oxygens (including phenoxy) is 3. The molecule has 7 heteroatoms. The van der Waals surface area contributed by atoms with Gasteiger partial charge in [-0.3, -0.25) is 10.1 Å². The molecule has 0 radical (unpaired) electrons. The molecule has 0 aliphatic carbocycles. The third kappa shape index (κ3) is 4.34. The monoisotopic (exact) mass is 297 g/mol. The van der Waals surface area contributed by atoms with Crippen LogP contribution in [0, 0.1) is 10.1 Å². The van der Waals surface area contributed by atoms with Gasteiger partial charge in [0.15, 0.2) is 0 Å². The standard InChI is InChI=1S/C14H19NO6/c1-8(2)20-11-6-10(14(16)19-5)7-12(21-9(3)4)13(11)15(17)18/h6-9H,1-5H3. The van der Waals surface area contributed by atoms with E-state index >= 15 is 0 Å². The summed E-state index contributed by atoms with van der Waals surface area (Å²) < 4.78 is 15.5. The number of nitrogens with zero attached hydrogens (tertiary/aromatic N) is 1. The van der Waals surface area contributed by atoms with Gasteiger partial charge in [-0.15, -0.1) is 0 Å². The van der Waals surface area contributed by atoms with Crippen molar-refractivity contribution >= 4 is 11.7 Å². The fraction of sp³-hybridized carbons (Fsp3) is 0.500. The lowest BCUT2D eigenvalue weighted by molar-refractivity contribution is -0.387. The highest BCUT2D eigenvalue weighted by atomic mass is 16.6. The molecule has 0 amide bonds. The van der Waals surface area contributed by atoms with E-state index in [4.69, 9.17) is 9.47 Å². The van der Waals surface area contributed by atoms with Gasteiger partial charge in [-0.2, -0.15) is 0 Å². The maximum Gasteiger partial charge on any atom is 0.352 e. The smallest absolute Gasteiger partial charge is 0.352 e. The second-order valence-electron chi connectivity index (χ2n) is 4.90. The molecule has 0 atom stereocenters. The molecule has 7 nitrogen and oxygen atoms in total. The molecule has 0 aliphatic rings. The van der Waals surface area contributed by atoms with Crippen LogP contribution in [0.1, 0.15) is 38.1 Å². The molecule has 0 aromatic heterocycles. The van der Waals surface area contributed by atoms with Gasteiger partial charge < -0.3 is 14.2 Å². The van der Waals surface area contributed by atoms with Crippen LogP contribution in [0.4, 0.5) is 5.69 Å². The summed E-state index contributed by atoms with van der Waals surface area (Å²) in [6.45, 7) is 6.93. The van der Waals surface area contributed by atoms with Crippen LogP contribution in [0.5, 0.6) is 11.5 Å². The van der Waals surface area contributed by atoms with Crippen LogP contribution in [0.15, 0.2) is 12.1 Å². The third-order valence-corrected chi connectivity index (χ3v) is 2.37. The zero-order chi connectivity index (χ0) is 16.2. The van der Waals surface area contributed by atoms with E-state index in [1.165, 1.54) is 19.2 Å². The first-order chi connectivity index (χ1) is 9.76. The molecule has 1 rings (SSSR count). The van der Waals surface area contributed by atoms with Crippen molar-refractivity contribution in [1.82, 2.24) is 0 Å². The molecule has 0 spiro atoms. The summed E-state index contributed by atoms with van der Waals surface area (Å²) in [5.41, 5.74) is -0.167. The van der Waals surface area contributed by atoms with Crippen LogP contribution in [-0.2, 0) is 4.74 Å². The molecule has 0 bridgehead atoms. The first-order valence-corrected chi connectivity index (χ1v) is 6.50. The Balaban J connectivity index is 3.48. The molecule has 0 N–H and O–H groups in total. The number of nitro groups is 1. The number of benzene rings is 1. The van der Waals surface area contributed by atoms with Crippen molar-refractivity contribution in [2.45, 2.75) is 39.9 Å². The van der Waals surface area contributed by atoms with E-state index in [-0.39, 0.29) is 35.0 Å².